The maximum absolute atomic E-state index is 5.60. The van der Waals surface area contributed by atoms with E-state index in [-0.39, 0.29) is 0 Å². The number of hydrogen-bond donors (Lipinski definition) is 2. The fourth-order valence-corrected chi connectivity index (χ4v) is 2.53. The zero-order valence-electron chi connectivity index (χ0n) is 11.0. The average molecular weight is 252 g/mol. The van der Waals surface area contributed by atoms with Crippen molar-refractivity contribution < 1.29 is 0 Å². The first-order valence-corrected chi connectivity index (χ1v) is 6.93. The molecule has 0 aliphatic heterocycles. The molecule has 3 N–H and O–H groups in total. The molecule has 1 fully saturated rings. The van der Waals surface area contributed by atoms with Gasteiger partial charge in [-0.15, -0.1) is 0 Å². The first-order chi connectivity index (χ1) is 9.36. The molecule has 3 rings (SSSR count). The van der Waals surface area contributed by atoms with Crippen LogP contribution in [0.2, 0.25) is 0 Å². The molecule has 19 heavy (non-hydrogen) atoms. The van der Waals surface area contributed by atoms with Crippen LogP contribution >= 0.6 is 0 Å². The van der Waals surface area contributed by atoms with Crippen molar-refractivity contribution in [2.24, 2.45) is 5.73 Å². The van der Waals surface area contributed by atoms with Crippen molar-refractivity contribution >= 4 is 0 Å². The minimum Gasteiger partial charge on any atom is -0.326 e. The predicted octanol–water partition coefficient (Wildman–Crippen LogP) is 2.79. The summed E-state index contributed by atoms with van der Waals surface area (Å²) in [7, 11) is 0. The van der Waals surface area contributed by atoms with Gasteiger partial charge in [-0.05, 0) is 23.1 Å². The van der Waals surface area contributed by atoms with E-state index in [4.69, 9.17) is 5.73 Å². The summed E-state index contributed by atoms with van der Waals surface area (Å²) in [6.07, 6.45) is 1.25. The van der Waals surface area contributed by atoms with Gasteiger partial charge in [0, 0.05) is 25.0 Å². The summed E-state index contributed by atoms with van der Waals surface area (Å²) in [5.74, 6) is 0.699. The van der Waals surface area contributed by atoms with Gasteiger partial charge in [0.15, 0.2) is 0 Å². The Morgan fingerprint density at radius 2 is 1.63 bits per heavy atom. The molecular weight excluding hydrogens is 232 g/mol. The number of hydrogen-bond acceptors (Lipinski definition) is 2. The molecule has 0 saturated heterocycles. The standard InChI is InChI=1S/C17H20N2/c18-11-13-6-8-14(9-7-13)12-19-17-10-16(17)15-4-2-1-3-5-15/h1-9,16-17,19H,10-12,18H2. The Hall–Kier alpha value is -1.64. The van der Waals surface area contributed by atoms with E-state index in [1.54, 1.807) is 0 Å². The maximum atomic E-state index is 5.60. The minimum atomic E-state index is 0.617. The van der Waals surface area contributed by atoms with E-state index in [1.807, 2.05) is 0 Å². The van der Waals surface area contributed by atoms with Crippen LogP contribution in [0.15, 0.2) is 54.6 Å². The zero-order valence-corrected chi connectivity index (χ0v) is 11.0. The lowest BCUT2D eigenvalue weighted by atomic mass is 10.1. The van der Waals surface area contributed by atoms with Crippen LogP contribution in [-0.2, 0) is 13.1 Å². The monoisotopic (exact) mass is 252 g/mol. The van der Waals surface area contributed by atoms with Crippen LogP contribution in [0.3, 0.4) is 0 Å². The van der Waals surface area contributed by atoms with Gasteiger partial charge in [-0.2, -0.15) is 0 Å². The molecule has 2 heteroatoms. The third kappa shape index (κ3) is 3.03. The summed E-state index contributed by atoms with van der Waals surface area (Å²) in [6, 6.07) is 19.9. The summed E-state index contributed by atoms with van der Waals surface area (Å²) in [6.45, 7) is 1.56. The van der Waals surface area contributed by atoms with Crippen LogP contribution in [-0.4, -0.2) is 6.04 Å². The van der Waals surface area contributed by atoms with Gasteiger partial charge in [-0.1, -0.05) is 54.6 Å². The predicted molar refractivity (Wildman–Crippen MR) is 78.8 cm³/mol. The van der Waals surface area contributed by atoms with Crippen molar-refractivity contribution in [2.75, 3.05) is 0 Å². The highest BCUT2D eigenvalue weighted by Gasteiger charge is 2.37. The molecule has 0 radical (unpaired) electrons. The van der Waals surface area contributed by atoms with E-state index in [0.717, 1.165) is 6.54 Å². The highest BCUT2D eigenvalue weighted by Crippen LogP contribution is 2.40. The Morgan fingerprint density at radius 3 is 2.32 bits per heavy atom. The lowest BCUT2D eigenvalue weighted by Gasteiger charge is -2.05. The Bertz CT molecular complexity index is 519. The Labute approximate surface area is 114 Å². The number of benzene rings is 2. The van der Waals surface area contributed by atoms with Gasteiger partial charge in [-0.3, -0.25) is 0 Å². The van der Waals surface area contributed by atoms with E-state index in [9.17, 15) is 0 Å². The van der Waals surface area contributed by atoms with Crippen molar-refractivity contribution in [3.63, 3.8) is 0 Å². The zero-order chi connectivity index (χ0) is 13.1. The van der Waals surface area contributed by atoms with Gasteiger partial charge in [0.25, 0.3) is 0 Å². The molecule has 2 aromatic carbocycles. The lowest BCUT2D eigenvalue weighted by molar-refractivity contribution is 0.672. The van der Waals surface area contributed by atoms with Gasteiger partial charge >= 0.3 is 0 Å². The summed E-state index contributed by atoms with van der Waals surface area (Å²) < 4.78 is 0. The molecule has 1 aliphatic rings. The fourth-order valence-electron chi connectivity index (χ4n) is 2.53. The molecule has 1 aliphatic carbocycles. The highest BCUT2D eigenvalue weighted by atomic mass is 15.0. The lowest BCUT2D eigenvalue weighted by Crippen LogP contribution is -2.17. The van der Waals surface area contributed by atoms with Gasteiger partial charge in [0.05, 0.1) is 0 Å². The van der Waals surface area contributed by atoms with Crippen molar-refractivity contribution in [3.8, 4) is 0 Å². The molecule has 0 spiro atoms. The number of nitrogens with two attached hydrogens (primary N) is 1. The third-order valence-corrected chi connectivity index (χ3v) is 3.85. The summed E-state index contributed by atoms with van der Waals surface area (Å²) >= 11 is 0. The van der Waals surface area contributed by atoms with E-state index < -0.39 is 0 Å². The van der Waals surface area contributed by atoms with Crippen molar-refractivity contribution in [3.05, 3.63) is 71.3 Å². The molecular formula is C17H20N2. The Morgan fingerprint density at radius 1 is 0.947 bits per heavy atom. The van der Waals surface area contributed by atoms with E-state index in [2.05, 4.69) is 59.9 Å². The topological polar surface area (TPSA) is 38.0 Å². The van der Waals surface area contributed by atoms with Crippen molar-refractivity contribution in [2.45, 2.75) is 31.5 Å². The smallest absolute Gasteiger partial charge is 0.0208 e. The van der Waals surface area contributed by atoms with Gasteiger partial charge in [0.1, 0.15) is 0 Å². The van der Waals surface area contributed by atoms with Gasteiger partial charge < -0.3 is 11.1 Å². The molecule has 0 bridgehead atoms. The SMILES string of the molecule is NCc1ccc(CNC2CC2c2ccccc2)cc1. The van der Waals surface area contributed by atoms with E-state index in [0.29, 0.717) is 18.5 Å². The van der Waals surface area contributed by atoms with Crippen LogP contribution in [0.25, 0.3) is 0 Å². The van der Waals surface area contributed by atoms with E-state index in [1.165, 1.54) is 23.1 Å². The number of rotatable bonds is 5. The first kappa shape index (κ1) is 12.4. The Kier molecular flexibility index (Phi) is 3.62. The molecule has 0 amide bonds. The third-order valence-electron chi connectivity index (χ3n) is 3.85. The quantitative estimate of drug-likeness (QED) is 0.858. The molecule has 98 valence electrons. The van der Waals surface area contributed by atoms with Crippen LogP contribution in [0.1, 0.15) is 29.0 Å². The maximum Gasteiger partial charge on any atom is 0.0208 e. The second kappa shape index (κ2) is 5.55. The van der Waals surface area contributed by atoms with Crippen molar-refractivity contribution in [1.82, 2.24) is 5.32 Å². The van der Waals surface area contributed by atoms with E-state index >= 15 is 0 Å². The van der Waals surface area contributed by atoms with Gasteiger partial charge in [-0.25, -0.2) is 0 Å². The minimum absolute atomic E-state index is 0.617. The van der Waals surface area contributed by atoms with Crippen LogP contribution in [0.5, 0.6) is 0 Å². The molecule has 2 nitrogen and oxygen atoms in total. The first-order valence-electron chi connectivity index (χ1n) is 6.93. The molecule has 2 aromatic rings. The summed E-state index contributed by atoms with van der Waals surface area (Å²) in [4.78, 5) is 0. The van der Waals surface area contributed by atoms with Gasteiger partial charge in [0.2, 0.25) is 0 Å². The molecule has 0 aromatic heterocycles. The number of nitrogens with one attached hydrogen (secondary N) is 1. The van der Waals surface area contributed by atoms with Crippen LogP contribution < -0.4 is 11.1 Å². The van der Waals surface area contributed by atoms with Crippen LogP contribution in [0, 0.1) is 0 Å². The highest BCUT2D eigenvalue weighted by molar-refractivity contribution is 5.28. The molecule has 0 heterocycles. The summed E-state index contributed by atoms with van der Waals surface area (Å²) in [5, 5.41) is 3.63. The largest absolute Gasteiger partial charge is 0.326 e. The second-order valence-electron chi connectivity index (χ2n) is 5.26. The normalized spacial score (nSPS) is 21.3. The summed E-state index contributed by atoms with van der Waals surface area (Å²) in [5.41, 5.74) is 9.58. The van der Waals surface area contributed by atoms with Crippen molar-refractivity contribution in [1.29, 1.82) is 0 Å². The Balaban J connectivity index is 1.51. The van der Waals surface area contributed by atoms with Crippen LogP contribution in [0.4, 0.5) is 0 Å². The molecule has 1 saturated carbocycles. The molecule has 2 unspecified atom stereocenters. The molecule has 2 atom stereocenters. The second-order valence-corrected chi connectivity index (χ2v) is 5.26. The average Bonchev–Trinajstić information content (AvgIpc) is 3.26. The fraction of sp³-hybridized carbons (Fsp3) is 0.294.